The molecule has 7 heteroatoms. The maximum absolute atomic E-state index is 12.0. The van der Waals surface area contributed by atoms with Gasteiger partial charge >= 0.3 is 0 Å². The van der Waals surface area contributed by atoms with Gasteiger partial charge in [-0.2, -0.15) is 5.10 Å². The van der Waals surface area contributed by atoms with Crippen LogP contribution in [0.4, 0.5) is 0 Å². The van der Waals surface area contributed by atoms with Crippen LogP contribution in [0.1, 0.15) is 17.0 Å². The molecule has 0 bridgehead atoms. The summed E-state index contributed by atoms with van der Waals surface area (Å²) in [6.45, 7) is 3.95. The molecule has 1 heterocycles. The van der Waals surface area contributed by atoms with E-state index in [0.717, 1.165) is 27.5 Å². The zero-order chi connectivity index (χ0) is 20.1. The second-order valence-electron chi connectivity index (χ2n) is 6.13. The lowest BCUT2D eigenvalue weighted by Crippen LogP contribution is -2.19. The van der Waals surface area contributed by atoms with Crippen molar-refractivity contribution in [1.29, 1.82) is 0 Å². The first-order valence-corrected chi connectivity index (χ1v) is 10.3. The van der Waals surface area contributed by atoms with Crippen LogP contribution in [-0.2, 0) is 4.79 Å². The van der Waals surface area contributed by atoms with Gasteiger partial charge in [-0.15, -0.1) is 11.8 Å². The van der Waals surface area contributed by atoms with Crippen molar-refractivity contribution in [3.63, 3.8) is 0 Å². The van der Waals surface area contributed by atoms with Gasteiger partial charge in [0.05, 0.1) is 27.7 Å². The minimum Gasteiger partial charge on any atom is -0.316 e. The van der Waals surface area contributed by atoms with Crippen LogP contribution in [0.2, 0.25) is 10.0 Å². The molecule has 0 atom stereocenters. The van der Waals surface area contributed by atoms with Crippen LogP contribution in [-0.4, -0.2) is 22.4 Å². The molecule has 2 aromatic carbocycles. The third-order valence-corrected chi connectivity index (χ3v) is 5.97. The lowest BCUT2D eigenvalue weighted by Gasteiger charge is -2.12. The second kappa shape index (κ2) is 9.32. The summed E-state index contributed by atoms with van der Waals surface area (Å²) in [6, 6.07) is 17.3. The summed E-state index contributed by atoms with van der Waals surface area (Å²) in [5.41, 5.74) is 6.23. The Bertz CT molecular complexity index is 1020. The number of aryl methyl sites for hydroxylation is 1. The van der Waals surface area contributed by atoms with Crippen molar-refractivity contribution >= 4 is 47.1 Å². The number of nitrogens with one attached hydrogen (secondary N) is 1. The maximum atomic E-state index is 12.0. The minimum absolute atomic E-state index is 0.156. The number of benzene rings is 2. The molecule has 0 radical (unpaired) electrons. The lowest BCUT2D eigenvalue weighted by molar-refractivity contribution is -0.118. The van der Waals surface area contributed by atoms with E-state index < -0.39 is 0 Å². The maximum Gasteiger partial charge on any atom is 0.250 e. The number of aromatic nitrogens is 1. The Labute approximate surface area is 178 Å². The topological polar surface area (TPSA) is 46.4 Å². The number of amides is 1. The molecule has 0 unspecified atom stereocenters. The van der Waals surface area contributed by atoms with Crippen molar-refractivity contribution in [1.82, 2.24) is 9.99 Å². The van der Waals surface area contributed by atoms with E-state index >= 15 is 0 Å². The van der Waals surface area contributed by atoms with Gasteiger partial charge in [0.1, 0.15) is 0 Å². The van der Waals surface area contributed by atoms with E-state index in [-0.39, 0.29) is 5.91 Å². The molecular formula is C21H19Cl2N3OS. The highest BCUT2D eigenvalue weighted by molar-refractivity contribution is 8.00. The van der Waals surface area contributed by atoms with Gasteiger partial charge in [0, 0.05) is 21.8 Å². The highest BCUT2D eigenvalue weighted by Gasteiger charge is 2.13. The number of hydrogen-bond donors (Lipinski definition) is 1. The Morgan fingerprint density at radius 1 is 1.14 bits per heavy atom. The third-order valence-electron chi connectivity index (χ3n) is 4.15. The Morgan fingerprint density at radius 2 is 1.89 bits per heavy atom. The SMILES string of the molecule is Cc1cc(/C=N\NC(=O)CSc2ccccc2)c(C)n1-c1cccc(Cl)c1Cl. The van der Waals surface area contributed by atoms with Crippen LogP contribution in [0.3, 0.4) is 0 Å². The van der Waals surface area contributed by atoms with Gasteiger partial charge in [-0.1, -0.05) is 47.5 Å². The molecule has 0 aliphatic carbocycles. The quantitative estimate of drug-likeness (QED) is 0.311. The van der Waals surface area contributed by atoms with E-state index in [2.05, 4.69) is 10.5 Å². The number of hydrogen-bond acceptors (Lipinski definition) is 3. The van der Waals surface area contributed by atoms with Crippen LogP contribution < -0.4 is 5.43 Å². The zero-order valence-corrected chi connectivity index (χ0v) is 17.8. The average molecular weight is 432 g/mol. The van der Waals surface area contributed by atoms with E-state index in [9.17, 15) is 4.79 Å². The molecule has 0 aliphatic heterocycles. The van der Waals surface area contributed by atoms with E-state index in [0.29, 0.717) is 15.8 Å². The molecule has 3 rings (SSSR count). The summed E-state index contributed by atoms with van der Waals surface area (Å²) in [6.07, 6.45) is 1.64. The van der Waals surface area contributed by atoms with Crippen molar-refractivity contribution in [2.75, 3.05) is 5.75 Å². The van der Waals surface area contributed by atoms with Crippen LogP contribution in [0.25, 0.3) is 5.69 Å². The first-order valence-electron chi connectivity index (χ1n) is 8.60. The summed E-state index contributed by atoms with van der Waals surface area (Å²) in [4.78, 5) is 13.0. The van der Waals surface area contributed by atoms with Gasteiger partial charge in [-0.3, -0.25) is 4.79 Å². The first-order chi connectivity index (χ1) is 13.5. The summed E-state index contributed by atoms with van der Waals surface area (Å²) in [5, 5.41) is 5.10. The number of rotatable bonds is 6. The zero-order valence-electron chi connectivity index (χ0n) is 15.4. The van der Waals surface area contributed by atoms with Gasteiger partial charge in [0.2, 0.25) is 5.91 Å². The predicted octanol–water partition coefficient (Wildman–Crippen LogP) is 5.64. The summed E-state index contributed by atoms with van der Waals surface area (Å²) < 4.78 is 2.02. The van der Waals surface area contributed by atoms with Crippen molar-refractivity contribution in [2.24, 2.45) is 5.10 Å². The third kappa shape index (κ3) is 4.79. The van der Waals surface area contributed by atoms with Gasteiger partial charge in [-0.05, 0) is 44.2 Å². The number of carbonyl (C=O) groups is 1. The van der Waals surface area contributed by atoms with Crippen molar-refractivity contribution < 1.29 is 4.79 Å². The minimum atomic E-state index is -0.156. The molecule has 1 N–H and O–H groups in total. The van der Waals surface area contributed by atoms with Gasteiger partial charge in [-0.25, -0.2) is 5.43 Å². The van der Waals surface area contributed by atoms with Gasteiger partial charge in [0.25, 0.3) is 0 Å². The number of hydrazone groups is 1. The van der Waals surface area contributed by atoms with E-state index in [1.165, 1.54) is 11.8 Å². The number of thioether (sulfide) groups is 1. The number of halogens is 2. The molecule has 28 heavy (non-hydrogen) atoms. The van der Waals surface area contributed by atoms with Crippen LogP contribution in [0.5, 0.6) is 0 Å². The Morgan fingerprint density at radius 3 is 2.64 bits per heavy atom. The summed E-state index contributed by atoms with van der Waals surface area (Å²) in [7, 11) is 0. The highest BCUT2D eigenvalue weighted by Crippen LogP contribution is 2.31. The summed E-state index contributed by atoms with van der Waals surface area (Å²) in [5.74, 6) is 0.148. The fraction of sp³-hybridized carbons (Fsp3) is 0.143. The molecule has 4 nitrogen and oxygen atoms in total. The molecule has 1 aromatic heterocycles. The average Bonchev–Trinajstić information content (AvgIpc) is 2.97. The van der Waals surface area contributed by atoms with Crippen LogP contribution in [0, 0.1) is 13.8 Å². The summed E-state index contributed by atoms with van der Waals surface area (Å²) >= 11 is 14.0. The van der Waals surface area contributed by atoms with Gasteiger partial charge < -0.3 is 4.57 Å². The van der Waals surface area contributed by atoms with E-state index in [4.69, 9.17) is 23.2 Å². The number of nitrogens with zero attached hydrogens (tertiary/aromatic N) is 2. The van der Waals surface area contributed by atoms with Crippen molar-refractivity contribution in [3.05, 3.63) is 81.6 Å². The van der Waals surface area contributed by atoms with Gasteiger partial charge in [0.15, 0.2) is 0 Å². The highest BCUT2D eigenvalue weighted by atomic mass is 35.5. The normalized spacial score (nSPS) is 11.1. The lowest BCUT2D eigenvalue weighted by atomic mass is 10.2. The van der Waals surface area contributed by atoms with E-state index in [1.807, 2.05) is 66.9 Å². The van der Waals surface area contributed by atoms with Crippen molar-refractivity contribution in [2.45, 2.75) is 18.7 Å². The standard InChI is InChI=1S/C21H19Cl2N3OS/c1-14-11-16(15(2)26(14)19-10-6-9-18(22)21(19)23)12-24-25-20(27)13-28-17-7-4-3-5-8-17/h3-12H,13H2,1-2H3,(H,25,27)/b24-12-. The fourth-order valence-electron chi connectivity index (χ4n) is 2.83. The molecule has 0 spiro atoms. The predicted molar refractivity (Wildman–Crippen MR) is 118 cm³/mol. The molecule has 0 saturated heterocycles. The van der Waals surface area contributed by atoms with Crippen LogP contribution in [0.15, 0.2) is 64.6 Å². The smallest absolute Gasteiger partial charge is 0.250 e. The molecule has 0 saturated carbocycles. The molecule has 144 valence electrons. The van der Waals surface area contributed by atoms with E-state index in [1.54, 1.807) is 12.3 Å². The van der Waals surface area contributed by atoms with Crippen LogP contribution >= 0.6 is 35.0 Å². The largest absolute Gasteiger partial charge is 0.316 e. The Hall–Kier alpha value is -2.21. The first kappa shape index (κ1) is 20.5. The second-order valence-corrected chi connectivity index (χ2v) is 7.96. The molecular weight excluding hydrogens is 413 g/mol. The van der Waals surface area contributed by atoms with Crippen molar-refractivity contribution in [3.8, 4) is 5.69 Å². The monoisotopic (exact) mass is 431 g/mol. The Kier molecular flexibility index (Phi) is 6.83. The molecule has 0 aliphatic rings. The molecule has 3 aromatic rings. The molecule has 1 amide bonds. The Balaban J connectivity index is 1.68. The fourth-order valence-corrected chi connectivity index (χ4v) is 3.92. The number of carbonyl (C=O) groups excluding carboxylic acids is 1. The molecule has 0 fully saturated rings.